The highest BCUT2D eigenvalue weighted by atomic mass is 16.5. The topological polar surface area (TPSA) is 127 Å². The van der Waals surface area contributed by atoms with E-state index in [1.54, 1.807) is 21.3 Å². The van der Waals surface area contributed by atoms with Gasteiger partial charge in [-0.3, -0.25) is 9.59 Å². The number of ether oxygens (including phenoxy) is 3. The Bertz CT molecular complexity index is 966. The standard InChI is InChI=1S/C18H18N2O2.C7H14N2O2.C3H8O/c1-20(13-21)17-12-16(9-10-18(17)22-2)15-7-5-14(6-8-15)4-3-11-19;8-7(10)6-5-9-3-1-2-4-11-6;1-3-4-2/h5-10,12-13H,3-4H2,1-2H3;6,9H,1-5H2,(H2,8,10);3H2,1-2H3/t;6-;/m.0./s1. The minimum atomic E-state index is -0.435. The van der Waals surface area contributed by atoms with Gasteiger partial charge in [-0.2, -0.15) is 5.26 Å². The fourth-order valence-electron chi connectivity index (χ4n) is 3.32. The van der Waals surface area contributed by atoms with Gasteiger partial charge in [0.1, 0.15) is 11.9 Å². The van der Waals surface area contributed by atoms with Crippen LogP contribution in [-0.2, 0) is 25.5 Å². The molecule has 202 valence electrons. The van der Waals surface area contributed by atoms with Crippen molar-refractivity contribution in [3.8, 4) is 22.9 Å². The van der Waals surface area contributed by atoms with E-state index in [1.807, 2.05) is 49.4 Å². The van der Waals surface area contributed by atoms with E-state index < -0.39 is 6.10 Å². The molecule has 0 unspecified atom stereocenters. The number of nitrogens with one attached hydrogen (secondary N) is 1. The molecular formula is C28H40N4O5. The van der Waals surface area contributed by atoms with E-state index in [-0.39, 0.29) is 5.91 Å². The van der Waals surface area contributed by atoms with Gasteiger partial charge in [0.25, 0.3) is 0 Å². The van der Waals surface area contributed by atoms with E-state index in [0.717, 1.165) is 61.2 Å². The van der Waals surface area contributed by atoms with Crippen LogP contribution in [0.1, 0.15) is 31.7 Å². The number of aryl methyl sites for hydroxylation is 1. The fourth-order valence-corrected chi connectivity index (χ4v) is 3.32. The van der Waals surface area contributed by atoms with E-state index in [1.165, 1.54) is 4.90 Å². The number of nitrogens with zero attached hydrogens (tertiary/aromatic N) is 2. The molecule has 1 fully saturated rings. The molecule has 2 amide bonds. The Kier molecular flexibility index (Phi) is 16.0. The molecule has 1 aliphatic heterocycles. The molecule has 3 N–H and O–H groups in total. The molecule has 0 aliphatic carbocycles. The van der Waals surface area contributed by atoms with E-state index in [9.17, 15) is 9.59 Å². The maximum Gasteiger partial charge on any atom is 0.247 e. The number of anilines is 1. The van der Waals surface area contributed by atoms with Gasteiger partial charge in [-0.15, -0.1) is 0 Å². The van der Waals surface area contributed by atoms with Crippen molar-refractivity contribution in [1.82, 2.24) is 5.32 Å². The SMILES string of the molecule is CCOC.COc1ccc(-c2ccc(CCC#N)cc2)cc1N(C)C=O.NC(=O)[C@@H]1CNCCCCO1. The lowest BCUT2D eigenvalue weighted by molar-refractivity contribution is -0.129. The molecule has 0 saturated carbocycles. The minimum absolute atomic E-state index is 0.376. The molecule has 9 nitrogen and oxygen atoms in total. The Balaban J connectivity index is 0.000000379. The fraction of sp³-hybridized carbons (Fsp3) is 0.464. The molecule has 0 spiro atoms. The third-order valence-corrected chi connectivity index (χ3v) is 5.53. The molecule has 3 rings (SSSR count). The highest BCUT2D eigenvalue weighted by Gasteiger charge is 2.16. The Morgan fingerprint density at radius 1 is 1.22 bits per heavy atom. The highest BCUT2D eigenvalue weighted by Crippen LogP contribution is 2.32. The first-order valence-electron chi connectivity index (χ1n) is 12.3. The summed E-state index contributed by atoms with van der Waals surface area (Å²) in [6.07, 6.45) is 3.71. The lowest BCUT2D eigenvalue weighted by atomic mass is 10.0. The largest absolute Gasteiger partial charge is 0.495 e. The van der Waals surface area contributed by atoms with Crippen LogP contribution in [-0.4, -0.2) is 66.0 Å². The average molecular weight is 513 g/mol. The molecule has 1 atom stereocenters. The first-order valence-corrected chi connectivity index (χ1v) is 12.3. The van der Waals surface area contributed by atoms with Gasteiger partial charge >= 0.3 is 0 Å². The summed E-state index contributed by atoms with van der Waals surface area (Å²) in [4.78, 5) is 23.2. The summed E-state index contributed by atoms with van der Waals surface area (Å²) in [5.74, 6) is 0.281. The average Bonchev–Trinajstić information content (AvgIpc) is 2.91. The number of primary amides is 1. The number of nitriles is 1. The first-order chi connectivity index (χ1) is 17.9. The number of carbonyl (C=O) groups excluding carboxylic acids is 2. The maximum atomic E-state index is 11.0. The molecule has 0 bridgehead atoms. The molecular weight excluding hydrogens is 472 g/mol. The zero-order chi connectivity index (χ0) is 27.5. The quantitative estimate of drug-likeness (QED) is 0.520. The number of benzene rings is 2. The Hall–Kier alpha value is -3.45. The van der Waals surface area contributed by atoms with Crippen molar-refractivity contribution in [3.05, 3.63) is 48.0 Å². The summed E-state index contributed by atoms with van der Waals surface area (Å²) in [6, 6.07) is 16.0. The first kappa shape index (κ1) is 31.6. The Morgan fingerprint density at radius 2 is 1.89 bits per heavy atom. The predicted octanol–water partition coefficient (Wildman–Crippen LogP) is 3.30. The molecule has 1 heterocycles. The van der Waals surface area contributed by atoms with Gasteiger partial charge in [-0.05, 0) is 61.6 Å². The van der Waals surface area contributed by atoms with Crippen LogP contribution in [0.3, 0.4) is 0 Å². The van der Waals surface area contributed by atoms with Crippen LogP contribution in [0.15, 0.2) is 42.5 Å². The van der Waals surface area contributed by atoms with Crippen LogP contribution >= 0.6 is 0 Å². The number of rotatable bonds is 8. The van der Waals surface area contributed by atoms with E-state index in [2.05, 4.69) is 16.1 Å². The lowest BCUT2D eigenvalue weighted by Crippen LogP contribution is -2.41. The van der Waals surface area contributed by atoms with Crippen LogP contribution in [0.25, 0.3) is 11.1 Å². The van der Waals surface area contributed by atoms with Crippen LogP contribution in [0.5, 0.6) is 5.75 Å². The van der Waals surface area contributed by atoms with Gasteiger partial charge in [0.2, 0.25) is 12.3 Å². The molecule has 0 radical (unpaired) electrons. The molecule has 9 heteroatoms. The van der Waals surface area contributed by atoms with Crippen LogP contribution in [0.4, 0.5) is 5.69 Å². The molecule has 2 aromatic rings. The van der Waals surface area contributed by atoms with Crippen molar-refractivity contribution in [3.63, 3.8) is 0 Å². The lowest BCUT2D eigenvalue weighted by Gasteiger charge is -2.18. The smallest absolute Gasteiger partial charge is 0.247 e. The molecule has 1 saturated heterocycles. The maximum absolute atomic E-state index is 11.0. The second kappa shape index (κ2) is 18.8. The van der Waals surface area contributed by atoms with E-state index in [0.29, 0.717) is 25.3 Å². The minimum Gasteiger partial charge on any atom is -0.495 e. The molecule has 1 aliphatic rings. The molecule has 0 aromatic heterocycles. The summed E-state index contributed by atoms with van der Waals surface area (Å²) in [6.45, 7) is 4.93. The van der Waals surface area contributed by atoms with Gasteiger partial charge in [0, 0.05) is 40.3 Å². The van der Waals surface area contributed by atoms with Crippen molar-refractivity contribution >= 4 is 18.0 Å². The number of carbonyl (C=O) groups is 2. The van der Waals surface area contributed by atoms with Gasteiger partial charge < -0.3 is 30.2 Å². The number of nitrogens with two attached hydrogens (primary N) is 1. The number of hydrogen-bond acceptors (Lipinski definition) is 7. The predicted molar refractivity (Wildman–Crippen MR) is 145 cm³/mol. The monoisotopic (exact) mass is 512 g/mol. The van der Waals surface area contributed by atoms with Gasteiger partial charge in [0.15, 0.2) is 0 Å². The van der Waals surface area contributed by atoms with E-state index in [4.69, 9.17) is 20.5 Å². The van der Waals surface area contributed by atoms with Crippen molar-refractivity contribution in [1.29, 1.82) is 5.26 Å². The second-order valence-corrected chi connectivity index (χ2v) is 8.21. The number of hydrogen-bond donors (Lipinski definition) is 2. The van der Waals surface area contributed by atoms with Crippen LogP contribution in [0.2, 0.25) is 0 Å². The van der Waals surface area contributed by atoms with Crippen LogP contribution in [0, 0.1) is 11.3 Å². The highest BCUT2D eigenvalue weighted by molar-refractivity contribution is 5.82. The van der Waals surface area contributed by atoms with Crippen LogP contribution < -0.4 is 20.7 Å². The zero-order valence-corrected chi connectivity index (χ0v) is 22.4. The summed E-state index contributed by atoms with van der Waals surface area (Å²) >= 11 is 0. The zero-order valence-electron chi connectivity index (χ0n) is 22.4. The molecule has 37 heavy (non-hydrogen) atoms. The summed E-state index contributed by atoms with van der Waals surface area (Å²) in [7, 11) is 4.96. The van der Waals surface area contributed by atoms with Gasteiger partial charge in [-0.1, -0.05) is 30.3 Å². The third-order valence-electron chi connectivity index (χ3n) is 5.53. The summed E-state index contributed by atoms with van der Waals surface area (Å²) in [5, 5.41) is 11.7. The third kappa shape index (κ3) is 11.9. The van der Waals surface area contributed by atoms with Crippen molar-refractivity contribution < 1.29 is 23.8 Å². The number of methoxy groups -OCH3 is 2. The Morgan fingerprint density at radius 3 is 2.46 bits per heavy atom. The van der Waals surface area contributed by atoms with Crippen molar-refractivity contribution in [2.75, 3.05) is 52.5 Å². The van der Waals surface area contributed by atoms with Gasteiger partial charge in [0.05, 0.1) is 18.9 Å². The summed E-state index contributed by atoms with van der Waals surface area (Å²) < 4.78 is 15.0. The van der Waals surface area contributed by atoms with Crippen molar-refractivity contribution in [2.45, 2.75) is 38.7 Å². The Labute approximate surface area is 220 Å². The van der Waals surface area contributed by atoms with E-state index >= 15 is 0 Å². The molecule has 2 aromatic carbocycles. The second-order valence-electron chi connectivity index (χ2n) is 8.21. The number of amides is 2. The van der Waals surface area contributed by atoms with Crippen molar-refractivity contribution in [2.24, 2.45) is 5.73 Å². The summed E-state index contributed by atoms with van der Waals surface area (Å²) in [5.41, 5.74) is 9.02. The van der Waals surface area contributed by atoms with Gasteiger partial charge in [-0.25, -0.2) is 0 Å². The normalized spacial score (nSPS) is 14.7.